The second-order valence-electron chi connectivity index (χ2n) is 7.90. The van der Waals surface area contributed by atoms with Gasteiger partial charge >= 0.3 is 0 Å². The summed E-state index contributed by atoms with van der Waals surface area (Å²) < 4.78 is 33.3. The second kappa shape index (κ2) is 10.7. The van der Waals surface area contributed by atoms with Crippen molar-refractivity contribution >= 4 is 15.9 Å². The van der Waals surface area contributed by atoms with Crippen molar-refractivity contribution in [3.8, 4) is 11.4 Å². The van der Waals surface area contributed by atoms with Gasteiger partial charge in [-0.3, -0.25) is 14.6 Å². The van der Waals surface area contributed by atoms with E-state index in [0.717, 1.165) is 16.2 Å². The largest absolute Gasteiger partial charge is 0.342 e. The molecule has 3 aromatic heterocycles. The minimum Gasteiger partial charge on any atom is -0.342 e. The van der Waals surface area contributed by atoms with Crippen molar-refractivity contribution in [2.24, 2.45) is 5.92 Å². The average Bonchev–Trinajstić information content (AvgIpc) is 3.30. The molecule has 1 atom stereocenters. The molecule has 34 heavy (non-hydrogen) atoms. The van der Waals surface area contributed by atoms with Gasteiger partial charge in [-0.1, -0.05) is 32.9 Å². The molecule has 0 saturated carbocycles. The average molecular weight is 489 g/mol. The van der Waals surface area contributed by atoms with Gasteiger partial charge in [0.1, 0.15) is 12.6 Å². The summed E-state index contributed by atoms with van der Waals surface area (Å²) in [6, 6.07) is 5.27. The fourth-order valence-corrected chi connectivity index (χ4v) is 4.84. The van der Waals surface area contributed by atoms with E-state index in [0.29, 0.717) is 18.9 Å². The zero-order valence-corrected chi connectivity index (χ0v) is 20.3. The van der Waals surface area contributed by atoms with Gasteiger partial charge in [0.05, 0.1) is 4.90 Å². The Kier molecular flexibility index (Phi) is 7.94. The number of sulfonamides is 1. The fraction of sp³-hybridized carbons (Fsp3) is 0.409. The molecule has 3 heterocycles. The third kappa shape index (κ3) is 5.57. The Bertz CT molecular complexity index is 1280. The molecule has 0 aliphatic heterocycles. The Morgan fingerprint density at radius 2 is 1.82 bits per heavy atom. The van der Waals surface area contributed by atoms with Gasteiger partial charge in [0.15, 0.2) is 0 Å². The molecule has 182 valence electrons. The first kappa shape index (κ1) is 25.2. The SMILES string of the molecule is CCN(CC)S(=O)(=O)c1ccc(=O)n(CC(=O)NC(c2nc(-c3ccncc3)no2)C(C)C)c1. The molecule has 1 unspecified atom stereocenters. The number of hydrogen-bond donors (Lipinski definition) is 1. The van der Waals surface area contributed by atoms with Crippen LogP contribution in [0.3, 0.4) is 0 Å². The maximum atomic E-state index is 12.8. The summed E-state index contributed by atoms with van der Waals surface area (Å²) in [6.07, 6.45) is 4.41. The Balaban J connectivity index is 1.80. The summed E-state index contributed by atoms with van der Waals surface area (Å²) in [5.41, 5.74) is 0.226. The van der Waals surface area contributed by atoms with Crippen LogP contribution in [0.5, 0.6) is 0 Å². The molecule has 0 fully saturated rings. The van der Waals surface area contributed by atoms with E-state index < -0.39 is 27.5 Å². The van der Waals surface area contributed by atoms with Crippen molar-refractivity contribution < 1.29 is 17.7 Å². The maximum absolute atomic E-state index is 12.8. The van der Waals surface area contributed by atoms with Crippen molar-refractivity contribution in [2.75, 3.05) is 13.1 Å². The van der Waals surface area contributed by atoms with Crippen molar-refractivity contribution in [3.05, 3.63) is 59.1 Å². The van der Waals surface area contributed by atoms with E-state index in [2.05, 4.69) is 20.4 Å². The molecular formula is C22H28N6O5S. The van der Waals surface area contributed by atoms with Crippen molar-refractivity contribution in [2.45, 2.75) is 45.2 Å². The van der Waals surface area contributed by atoms with Gasteiger partial charge in [-0.05, 0) is 24.1 Å². The lowest BCUT2D eigenvalue weighted by molar-refractivity contribution is -0.123. The number of carbonyl (C=O) groups is 1. The Morgan fingerprint density at radius 3 is 2.44 bits per heavy atom. The van der Waals surface area contributed by atoms with Crippen molar-refractivity contribution in [3.63, 3.8) is 0 Å². The lowest BCUT2D eigenvalue weighted by Gasteiger charge is -2.20. The highest BCUT2D eigenvalue weighted by Gasteiger charge is 2.26. The third-order valence-corrected chi connectivity index (χ3v) is 7.28. The van der Waals surface area contributed by atoms with Crippen LogP contribution in [-0.2, 0) is 21.4 Å². The van der Waals surface area contributed by atoms with Crippen LogP contribution in [0.25, 0.3) is 11.4 Å². The quantitative estimate of drug-likeness (QED) is 0.456. The van der Waals surface area contributed by atoms with E-state index in [4.69, 9.17) is 4.52 Å². The molecule has 0 saturated heterocycles. The Labute approximate surface area is 197 Å². The number of hydrogen-bond acceptors (Lipinski definition) is 8. The van der Waals surface area contributed by atoms with Gasteiger partial charge in [0.2, 0.25) is 27.6 Å². The standard InChI is InChI=1S/C22H28N6O5S/c1-5-28(6-2)34(31,32)17-7-8-19(30)27(13-17)14-18(29)24-20(15(3)4)22-25-21(26-33-22)16-9-11-23-12-10-16/h7-13,15,20H,5-6,14H2,1-4H3,(H,24,29). The lowest BCUT2D eigenvalue weighted by Crippen LogP contribution is -2.37. The van der Waals surface area contributed by atoms with Gasteiger partial charge in [-0.25, -0.2) is 8.42 Å². The topological polar surface area (TPSA) is 140 Å². The number of amides is 1. The maximum Gasteiger partial charge on any atom is 0.251 e. The van der Waals surface area contributed by atoms with E-state index in [-0.39, 0.29) is 23.2 Å². The smallest absolute Gasteiger partial charge is 0.251 e. The highest BCUT2D eigenvalue weighted by molar-refractivity contribution is 7.89. The molecule has 12 heteroatoms. The molecule has 0 aliphatic carbocycles. The number of pyridine rings is 2. The summed E-state index contributed by atoms with van der Waals surface area (Å²) in [4.78, 5) is 33.4. The highest BCUT2D eigenvalue weighted by Crippen LogP contribution is 2.23. The summed E-state index contributed by atoms with van der Waals surface area (Å²) in [6.45, 7) is 7.44. The van der Waals surface area contributed by atoms with Gasteiger partial charge in [0, 0.05) is 43.3 Å². The van der Waals surface area contributed by atoms with Gasteiger partial charge in [0.25, 0.3) is 5.56 Å². The normalized spacial score (nSPS) is 12.8. The van der Waals surface area contributed by atoms with Crippen LogP contribution in [0, 0.1) is 5.92 Å². The number of nitrogens with zero attached hydrogens (tertiary/aromatic N) is 5. The molecule has 0 bridgehead atoms. The fourth-order valence-electron chi connectivity index (χ4n) is 3.37. The van der Waals surface area contributed by atoms with Crippen LogP contribution in [0.2, 0.25) is 0 Å². The molecule has 0 spiro atoms. The van der Waals surface area contributed by atoms with E-state index >= 15 is 0 Å². The number of rotatable bonds is 10. The summed E-state index contributed by atoms with van der Waals surface area (Å²) in [7, 11) is -3.78. The molecule has 1 amide bonds. The van der Waals surface area contributed by atoms with Crippen LogP contribution >= 0.6 is 0 Å². The van der Waals surface area contributed by atoms with Gasteiger partial charge in [-0.2, -0.15) is 9.29 Å². The molecule has 11 nitrogen and oxygen atoms in total. The van der Waals surface area contributed by atoms with Crippen LogP contribution in [-0.4, -0.2) is 51.4 Å². The third-order valence-electron chi connectivity index (χ3n) is 5.24. The van der Waals surface area contributed by atoms with Crippen LogP contribution < -0.4 is 10.9 Å². The first-order valence-corrected chi connectivity index (χ1v) is 12.3. The number of aromatic nitrogens is 4. The van der Waals surface area contributed by atoms with Crippen LogP contribution in [0.4, 0.5) is 0 Å². The van der Waals surface area contributed by atoms with Gasteiger partial charge < -0.3 is 14.4 Å². The predicted molar refractivity (Wildman–Crippen MR) is 124 cm³/mol. The molecule has 3 aromatic rings. The number of nitrogens with one attached hydrogen (secondary N) is 1. The molecule has 3 rings (SSSR count). The number of carbonyl (C=O) groups excluding carboxylic acids is 1. The van der Waals surface area contributed by atoms with E-state index in [1.165, 1.54) is 16.6 Å². The summed E-state index contributed by atoms with van der Waals surface area (Å²) in [5, 5.41) is 6.78. The predicted octanol–water partition coefficient (Wildman–Crippen LogP) is 1.84. The lowest BCUT2D eigenvalue weighted by atomic mass is 10.0. The van der Waals surface area contributed by atoms with Crippen molar-refractivity contribution in [1.29, 1.82) is 0 Å². The van der Waals surface area contributed by atoms with Crippen LogP contribution in [0.1, 0.15) is 39.6 Å². The zero-order chi connectivity index (χ0) is 24.9. The van der Waals surface area contributed by atoms with Crippen LogP contribution in [0.15, 0.2) is 57.1 Å². The Hall–Kier alpha value is -3.38. The molecule has 0 radical (unpaired) electrons. The highest BCUT2D eigenvalue weighted by atomic mass is 32.2. The Morgan fingerprint density at radius 1 is 1.15 bits per heavy atom. The molecule has 0 aromatic carbocycles. The molecular weight excluding hydrogens is 460 g/mol. The minimum absolute atomic E-state index is 0.0529. The monoisotopic (exact) mass is 488 g/mol. The van der Waals surface area contributed by atoms with E-state index in [1.54, 1.807) is 38.4 Å². The van der Waals surface area contributed by atoms with Gasteiger partial charge in [-0.15, -0.1) is 0 Å². The van der Waals surface area contributed by atoms with Crippen molar-refractivity contribution in [1.82, 2.24) is 29.3 Å². The zero-order valence-electron chi connectivity index (χ0n) is 19.5. The molecule has 0 aliphatic rings. The summed E-state index contributed by atoms with van der Waals surface area (Å²) >= 11 is 0. The first-order valence-electron chi connectivity index (χ1n) is 10.9. The van der Waals surface area contributed by atoms with E-state index in [1.807, 2.05) is 13.8 Å². The minimum atomic E-state index is -3.78. The van der Waals surface area contributed by atoms with E-state index in [9.17, 15) is 18.0 Å². The summed E-state index contributed by atoms with van der Waals surface area (Å²) in [5.74, 6) is -0.00848. The first-order chi connectivity index (χ1) is 16.2. The second-order valence-corrected chi connectivity index (χ2v) is 9.84. The molecule has 1 N–H and O–H groups in total.